The number of aromatic nitrogens is 1. The van der Waals surface area contributed by atoms with Crippen molar-refractivity contribution in [3.05, 3.63) is 94.5 Å². The smallest absolute Gasteiger partial charge is 0.467 e. The Morgan fingerprint density at radius 1 is 0.962 bits per heavy atom. The molecule has 0 saturated carbocycles. The van der Waals surface area contributed by atoms with Gasteiger partial charge in [0.2, 0.25) is 0 Å². The SMILES string of the molecule is COCOc1cc(Cl)ccc1-c1cc(-c2cccc(C(=O)NCCN(C(=O)O)C(C)(C)C)c2)c(C#N)c(NC(=O)c2ccccc2OC(F)(F)F)n1. The Bertz CT molecular complexity index is 2010. The minimum atomic E-state index is -5.09. The Balaban J connectivity index is 1.81. The van der Waals surface area contributed by atoms with Crippen LogP contribution in [0.4, 0.5) is 23.8 Å². The molecule has 0 saturated heterocycles. The molecule has 0 aliphatic heterocycles. The van der Waals surface area contributed by atoms with Gasteiger partial charge in [0, 0.05) is 47.5 Å². The summed E-state index contributed by atoms with van der Waals surface area (Å²) in [6.45, 7) is 5.03. The lowest BCUT2D eigenvalue weighted by Gasteiger charge is -2.33. The summed E-state index contributed by atoms with van der Waals surface area (Å²) in [5, 5.41) is 25.4. The Kier molecular flexibility index (Phi) is 12.3. The van der Waals surface area contributed by atoms with Gasteiger partial charge in [-0.3, -0.25) is 9.59 Å². The van der Waals surface area contributed by atoms with E-state index < -0.39 is 41.1 Å². The minimum Gasteiger partial charge on any atom is -0.467 e. The summed E-state index contributed by atoms with van der Waals surface area (Å²) >= 11 is 6.22. The lowest BCUT2D eigenvalue weighted by Crippen LogP contribution is -2.48. The van der Waals surface area contributed by atoms with Crippen molar-refractivity contribution in [2.24, 2.45) is 0 Å². The second kappa shape index (κ2) is 16.4. The Morgan fingerprint density at radius 2 is 1.69 bits per heavy atom. The number of carbonyl (C=O) groups is 3. The summed E-state index contributed by atoms with van der Waals surface area (Å²) in [7, 11) is 1.41. The predicted molar refractivity (Wildman–Crippen MR) is 185 cm³/mol. The summed E-state index contributed by atoms with van der Waals surface area (Å²) in [4.78, 5) is 44.1. The topological polar surface area (TPSA) is 163 Å². The van der Waals surface area contributed by atoms with Gasteiger partial charge in [-0.05, 0) is 74.9 Å². The van der Waals surface area contributed by atoms with Crippen molar-refractivity contribution in [3.63, 3.8) is 0 Å². The largest absolute Gasteiger partial charge is 0.573 e. The van der Waals surface area contributed by atoms with Crippen LogP contribution in [0, 0.1) is 11.3 Å². The molecule has 0 atom stereocenters. The first-order valence-corrected chi connectivity index (χ1v) is 15.8. The Labute approximate surface area is 301 Å². The number of hydrogen-bond donors (Lipinski definition) is 3. The Hall–Kier alpha value is -5.85. The maximum Gasteiger partial charge on any atom is 0.573 e. The van der Waals surface area contributed by atoms with Gasteiger partial charge in [0.25, 0.3) is 11.8 Å². The van der Waals surface area contributed by atoms with Gasteiger partial charge >= 0.3 is 12.5 Å². The normalized spacial score (nSPS) is 11.3. The van der Waals surface area contributed by atoms with Crippen LogP contribution >= 0.6 is 11.6 Å². The van der Waals surface area contributed by atoms with Crippen molar-refractivity contribution in [2.75, 3.05) is 32.3 Å². The fraction of sp³-hybridized carbons (Fsp3) is 0.250. The van der Waals surface area contributed by atoms with E-state index in [2.05, 4.69) is 20.4 Å². The zero-order valence-electron chi connectivity index (χ0n) is 28.3. The number of anilines is 1. The van der Waals surface area contributed by atoms with Crippen molar-refractivity contribution in [1.82, 2.24) is 15.2 Å². The number of halogens is 4. The summed E-state index contributed by atoms with van der Waals surface area (Å²) in [6.07, 6.45) is -6.23. The molecule has 3 amide bonds. The van der Waals surface area contributed by atoms with Crippen LogP contribution in [0.3, 0.4) is 0 Å². The molecule has 4 aromatic rings. The van der Waals surface area contributed by atoms with Gasteiger partial charge < -0.3 is 34.9 Å². The number of carbonyl (C=O) groups excluding carboxylic acids is 2. The number of nitrogens with zero attached hydrogens (tertiary/aromatic N) is 3. The van der Waals surface area contributed by atoms with E-state index in [-0.39, 0.29) is 53.8 Å². The number of rotatable bonds is 12. The van der Waals surface area contributed by atoms with E-state index in [9.17, 15) is 37.9 Å². The lowest BCUT2D eigenvalue weighted by molar-refractivity contribution is -0.274. The number of methoxy groups -OCH3 is 1. The van der Waals surface area contributed by atoms with E-state index in [1.807, 2.05) is 6.07 Å². The van der Waals surface area contributed by atoms with E-state index in [0.29, 0.717) is 16.1 Å². The molecule has 0 fully saturated rings. The second-order valence-electron chi connectivity index (χ2n) is 12.0. The molecule has 0 unspecified atom stereocenters. The van der Waals surface area contributed by atoms with Crippen molar-refractivity contribution >= 4 is 35.3 Å². The molecular formula is C36H33ClF3N5O7. The fourth-order valence-electron chi connectivity index (χ4n) is 5.04. The molecule has 0 bridgehead atoms. The van der Waals surface area contributed by atoms with Gasteiger partial charge in [-0.15, -0.1) is 13.2 Å². The summed E-state index contributed by atoms with van der Waals surface area (Å²) in [5.74, 6) is -2.46. The third kappa shape index (κ3) is 9.89. The van der Waals surface area contributed by atoms with Crippen molar-refractivity contribution in [1.29, 1.82) is 5.26 Å². The fourth-order valence-corrected chi connectivity index (χ4v) is 5.20. The third-order valence-corrected chi connectivity index (χ3v) is 7.60. The van der Waals surface area contributed by atoms with Crippen LogP contribution in [0.2, 0.25) is 5.02 Å². The van der Waals surface area contributed by atoms with Crippen LogP contribution < -0.4 is 20.1 Å². The zero-order chi connectivity index (χ0) is 38.2. The Morgan fingerprint density at radius 3 is 2.35 bits per heavy atom. The van der Waals surface area contributed by atoms with Crippen LogP contribution in [-0.2, 0) is 4.74 Å². The van der Waals surface area contributed by atoms with Crippen molar-refractivity contribution < 1.29 is 46.9 Å². The quantitative estimate of drug-likeness (QED) is 0.124. The highest BCUT2D eigenvalue weighted by Gasteiger charge is 2.33. The van der Waals surface area contributed by atoms with E-state index >= 15 is 0 Å². The monoisotopic (exact) mass is 739 g/mol. The highest BCUT2D eigenvalue weighted by molar-refractivity contribution is 6.30. The standard InChI is InChI=1S/C36H33ClF3N5O7/c1-35(2,3)45(34(48)49)15-14-42-32(46)22-9-7-8-21(16-22)26-18-28(24-13-12-23(37)17-30(24)51-20-50-4)43-31(27(26)19-41)44-33(47)25-10-5-6-11-29(25)52-36(38,39)40/h5-13,16-18H,14-15,20H2,1-4H3,(H,42,46)(H,48,49)(H,43,44,47). The first-order valence-electron chi connectivity index (χ1n) is 15.4. The molecule has 12 nitrogen and oxygen atoms in total. The van der Waals surface area contributed by atoms with Crippen LogP contribution in [0.5, 0.6) is 11.5 Å². The number of benzene rings is 3. The number of hydrogen-bond acceptors (Lipinski definition) is 8. The zero-order valence-corrected chi connectivity index (χ0v) is 29.1. The molecule has 0 spiro atoms. The molecule has 3 N–H and O–H groups in total. The highest BCUT2D eigenvalue weighted by atomic mass is 35.5. The van der Waals surface area contributed by atoms with E-state index in [0.717, 1.165) is 12.1 Å². The molecule has 0 radical (unpaired) electrons. The maximum atomic E-state index is 13.5. The third-order valence-electron chi connectivity index (χ3n) is 7.37. The number of carboxylic acid groups (broad SMARTS) is 1. The average Bonchev–Trinajstić information content (AvgIpc) is 3.07. The minimum absolute atomic E-state index is 0.00596. The summed E-state index contributed by atoms with van der Waals surface area (Å²) in [6, 6.07) is 19.0. The number of pyridine rings is 1. The van der Waals surface area contributed by atoms with Gasteiger partial charge in [-0.1, -0.05) is 35.9 Å². The van der Waals surface area contributed by atoms with E-state index in [4.69, 9.17) is 21.1 Å². The highest BCUT2D eigenvalue weighted by Crippen LogP contribution is 2.38. The molecule has 0 aliphatic carbocycles. The molecule has 0 aliphatic rings. The lowest BCUT2D eigenvalue weighted by atomic mass is 9.96. The molecule has 52 heavy (non-hydrogen) atoms. The van der Waals surface area contributed by atoms with Gasteiger partial charge in [0.05, 0.1) is 11.3 Å². The number of amides is 3. The predicted octanol–water partition coefficient (Wildman–Crippen LogP) is 7.58. The number of para-hydroxylation sites is 1. The first kappa shape index (κ1) is 38.9. The number of nitrogens with one attached hydrogen (secondary N) is 2. The van der Waals surface area contributed by atoms with Crippen LogP contribution in [0.15, 0.2) is 72.8 Å². The van der Waals surface area contributed by atoms with E-state index in [1.54, 1.807) is 45.0 Å². The first-order chi connectivity index (χ1) is 24.5. The van der Waals surface area contributed by atoms with Crippen LogP contribution in [0.25, 0.3) is 22.4 Å². The van der Waals surface area contributed by atoms with Gasteiger partial charge in [-0.25, -0.2) is 9.78 Å². The van der Waals surface area contributed by atoms with Gasteiger partial charge in [0.15, 0.2) is 12.6 Å². The van der Waals surface area contributed by atoms with E-state index in [1.165, 1.54) is 48.4 Å². The molecule has 1 heterocycles. The second-order valence-corrected chi connectivity index (χ2v) is 12.5. The van der Waals surface area contributed by atoms with Crippen LogP contribution in [-0.4, -0.2) is 71.8 Å². The molecular weight excluding hydrogens is 707 g/mol. The average molecular weight is 740 g/mol. The number of alkyl halides is 3. The van der Waals surface area contributed by atoms with Crippen molar-refractivity contribution in [2.45, 2.75) is 32.7 Å². The van der Waals surface area contributed by atoms with Crippen molar-refractivity contribution in [3.8, 4) is 40.0 Å². The molecule has 4 rings (SSSR count). The maximum absolute atomic E-state index is 13.5. The molecule has 16 heteroatoms. The van der Waals surface area contributed by atoms with Crippen LogP contribution in [0.1, 0.15) is 47.1 Å². The number of nitriles is 1. The summed E-state index contributed by atoms with van der Waals surface area (Å²) < 4.78 is 54.2. The number of ether oxygens (including phenoxy) is 3. The van der Waals surface area contributed by atoms with Gasteiger partial charge in [-0.2, -0.15) is 5.26 Å². The van der Waals surface area contributed by atoms with Gasteiger partial charge in [0.1, 0.15) is 23.1 Å². The summed E-state index contributed by atoms with van der Waals surface area (Å²) in [5.41, 5.74) is -0.190. The molecule has 272 valence electrons. The molecule has 1 aromatic heterocycles. The molecule has 3 aromatic carbocycles.